The molecule has 0 aromatic heterocycles. The molecule has 0 unspecified atom stereocenters. The maximum absolute atomic E-state index is 12.7. The summed E-state index contributed by atoms with van der Waals surface area (Å²) in [5.41, 5.74) is 1.52. The number of para-hydroxylation sites is 1. The highest BCUT2D eigenvalue weighted by Crippen LogP contribution is 2.42. The molecule has 4 nitrogen and oxygen atoms in total. The standard InChI is InChI=1S/C16H11BrN2O2S/c17-9-5-7-10(8-6-9)19-15(20)13-14(16(19)21)22-12-4-2-1-3-11(12)18-13/h1-8,13-14,18H/t13-,14+/m1/s1. The molecule has 2 aliphatic heterocycles. The summed E-state index contributed by atoms with van der Waals surface area (Å²) in [6.07, 6.45) is 0. The Morgan fingerprint density at radius 2 is 1.73 bits per heavy atom. The Morgan fingerprint density at radius 3 is 2.50 bits per heavy atom. The molecule has 2 heterocycles. The molecule has 2 aromatic rings. The van der Waals surface area contributed by atoms with Gasteiger partial charge in [0.25, 0.3) is 5.91 Å². The van der Waals surface area contributed by atoms with Crippen LogP contribution in [0.15, 0.2) is 57.9 Å². The van der Waals surface area contributed by atoms with Crippen LogP contribution in [-0.4, -0.2) is 23.1 Å². The number of carbonyl (C=O) groups excluding carboxylic acids is 2. The van der Waals surface area contributed by atoms with Crippen LogP contribution in [0.1, 0.15) is 0 Å². The van der Waals surface area contributed by atoms with E-state index >= 15 is 0 Å². The van der Waals surface area contributed by atoms with Gasteiger partial charge in [0, 0.05) is 15.1 Å². The van der Waals surface area contributed by atoms with Crippen molar-refractivity contribution in [2.24, 2.45) is 0 Å². The molecule has 1 N–H and O–H groups in total. The molecule has 2 aromatic carbocycles. The summed E-state index contributed by atoms with van der Waals surface area (Å²) >= 11 is 4.82. The highest BCUT2D eigenvalue weighted by molar-refractivity contribution is 9.10. The van der Waals surface area contributed by atoms with Crippen molar-refractivity contribution in [1.29, 1.82) is 0 Å². The molecule has 110 valence electrons. The summed E-state index contributed by atoms with van der Waals surface area (Å²) in [5.74, 6) is -0.358. The molecule has 2 amide bonds. The third-order valence-electron chi connectivity index (χ3n) is 3.79. The number of rotatable bonds is 1. The molecule has 22 heavy (non-hydrogen) atoms. The van der Waals surface area contributed by atoms with E-state index < -0.39 is 11.3 Å². The van der Waals surface area contributed by atoms with Gasteiger partial charge in [-0.25, -0.2) is 4.90 Å². The minimum absolute atomic E-state index is 0.163. The van der Waals surface area contributed by atoms with Gasteiger partial charge in [-0.3, -0.25) is 9.59 Å². The number of halogens is 1. The molecule has 2 atom stereocenters. The summed E-state index contributed by atoms with van der Waals surface area (Å²) in [4.78, 5) is 27.6. The summed E-state index contributed by atoms with van der Waals surface area (Å²) in [6.45, 7) is 0. The van der Waals surface area contributed by atoms with Gasteiger partial charge in [0.05, 0.1) is 5.69 Å². The van der Waals surface area contributed by atoms with Crippen molar-refractivity contribution >= 4 is 50.9 Å². The summed E-state index contributed by atoms with van der Waals surface area (Å²) < 4.78 is 0.910. The Labute approximate surface area is 140 Å². The van der Waals surface area contributed by atoms with Gasteiger partial charge >= 0.3 is 0 Å². The number of benzene rings is 2. The molecule has 4 rings (SSSR count). The average Bonchev–Trinajstić information content (AvgIpc) is 2.78. The number of anilines is 2. The Kier molecular flexibility index (Phi) is 3.23. The van der Waals surface area contributed by atoms with Crippen LogP contribution < -0.4 is 10.2 Å². The fourth-order valence-electron chi connectivity index (χ4n) is 2.74. The second-order valence-corrected chi connectivity index (χ2v) is 7.24. The molecule has 0 bridgehead atoms. The summed E-state index contributed by atoms with van der Waals surface area (Å²) in [7, 11) is 0. The van der Waals surface area contributed by atoms with E-state index in [-0.39, 0.29) is 11.8 Å². The van der Waals surface area contributed by atoms with Crippen molar-refractivity contribution in [3.63, 3.8) is 0 Å². The van der Waals surface area contributed by atoms with Crippen LogP contribution in [0, 0.1) is 0 Å². The van der Waals surface area contributed by atoms with Crippen LogP contribution >= 0.6 is 27.7 Å². The highest BCUT2D eigenvalue weighted by Gasteiger charge is 2.51. The van der Waals surface area contributed by atoms with E-state index in [1.54, 1.807) is 12.1 Å². The molecule has 0 spiro atoms. The molecular formula is C16H11BrN2O2S. The second-order valence-electron chi connectivity index (χ2n) is 5.14. The van der Waals surface area contributed by atoms with Crippen molar-refractivity contribution in [3.8, 4) is 0 Å². The zero-order valence-corrected chi connectivity index (χ0v) is 13.7. The molecule has 0 radical (unpaired) electrons. The van der Waals surface area contributed by atoms with Crippen LogP contribution in [0.5, 0.6) is 0 Å². The van der Waals surface area contributed by atoms with Gasteiger partial charge in [-0.05, 0) is 36.4 Å². The Bertz CT molecular complexity index is 735. The van der Waals surface area contributed by atoms with Crippen LogP contribution in [0.2, 0.25) is 0 Å². The van der Waals surface area contributed by atoms with Gasteiger partial charge in [-0.15, -0.1) is 11.8 Å². The van der Waals surface area contributed by atoms with E-state index in [2.05, 4.69) is 21.2 Å². The minimum atomic E-state index is -0.504. The number of amides is 2. The average molecular weight is 375 g/mol. The predicted molar refractivity (Wildman–Crippen MR) is 90.1 cm³/mol. The molecular weight excluding hydrogens is 364 g/mol. The van der Waals surface area contributed by atoms with Crippen molar-refractivity contribution < 1.29 is 9.59 Å². The quantitative estimate of drug-likeness (QED) is 0.778. The van der Waals surface area contributed by atoms with E-state index in [0.29, 0.717) is 5.69 Å². The zero-order valence-electron chi connectivity index (χ0n) is 11.3. The maximum atomic E-state index is 12.7. The summed E-state index contributed by atoms with van der Waals surface area (Å²) in [5, 5.41) is 2.80. The molecule has 2 aliphatic rings. The van der Waals surface area contributed by atoms with Gasteiger partial charge in [-0.1, -0.05) is 28.1 Å². The van der Waals surface area contributed by atoms with Crippen LogP contribution in [0.25, 0.3) is 0 Å². The van der Waals surface area contributed by atoms with Crippen molar-refractivity contribution in [1.82, 2.24) is 0 Å². The lowest BCUT2D eigenvalue weighted by Crippen LogP contribution is -2.37. The summed E-state index contributed by atoms with van der Waals surface area (Å²) in [6, 6.07) is 14.4. The van der Waals surface area contributed by atoms with Crippen molar-refractivity contribution in [2.75, 3.05) is 10.2 Å². The number of hydrogen-bond acceptors (Lipinski definition) is 4. The lowest BCUT2D eigenvalue weighted by molar-refractivity contribution is -0.121. The normalized spacial score (nSPS) is 23.0. The number of imide groups is 1. The van der Waals surface area contributed by atoms with Crippen LogP contribution in [-0.2, 0) is 9.59 Å². The fraction of sp³-hybridized carbons (Fsp3) is 0.125. The van der Waals surface area contributed by atoms with E-state index in [1.807, 2.05) is 36.4 Å². The van der Waals surface area contributed by atoms with E-state index in [4.69, 9.17) is 0 Å². The van der Waals surface area contributed by atoms with E-state index in [0.717, 1.165) is 15.1 Å². The number of nitrogens with zero attached hydrogens (tertiary/aromatic N) is 1. The first-order valence-electron chi connectivity index (χ1n) is 6.81. The molecule has 6 heteroatoms. The third-order valence-corrected chi connectivity index (χ3v) is 5.66. The first kappa shape index (κ1) is 13.8. The van der Waals surface area contributed by atoms with Crippen LogP contribution in [0.4, 0.5) is 11.4 Å². The van der Waals surface area contributed by atoms with E-state index in [1.165, 1.54) is 16.7 Å². The highest BCUT2D eigenvalue weighted by atomic mass is 79.9. The maximum Gasteiger partial charge on any atom is 0.258 e. The topological polar surface area (TPSA) is 49.4 Å². The number of fused-ring (bicyclic) bond motifs is 2. The Hall–Kier alpha value is -1.79. The van der Waals surface area contributed by atoms with Crippen molar-refractivity contribution in [2.45, 2.75) is 16.2 Å². The zero-order chi connectivity index (χ0) is 15.3. The molecule has 1 saturated heterocycles. The minimum Gasteiger partial charge on any atom is -0.371 e. The molecule has 1 fully saturated rings. The van der Waals surface area contributed by atoms with Gasteiger partial charge in [0.2, 0.25) is 5.91 Å². The van der Waals surface area contributed by atoms with Crippen LogP contribution in [0.3, 0.4) is 0 Å². The lowest BCUT2D eigenvalue weighted by Gasteiger charge is -2.25. The first-order chi connectivity index (χ1) is 10.6. The first-order valence-corrected chi connectivity index (χ1v) is 8.48. The Morgan fingerprint density at radius 1 is 1.00 bits per heavy atom. The smallest absolute Gasteiger partial charge is 0.258 e. The SMILES string of the molecule is O=C1[C@H]2Sc3ccccc3N[C@H]2C(=O)N1c1ccc(Br)cc1. The van der Waals surface area contributed by atoms with E-state index in [9.17, 15) is 9.59 Å². The lowest BCUT2D eigenvalue weighted by atomic mass is 10.2. The largest absolute Gasteiger partial charge is 0.371 e. The Balaban J connectivity index is 1.71. The predicted octanol–water partition coefficient (Wildman–Crippen LogP) is 3.28. The number of thioether (sulfide) groups is 1. The second kappa shape index (κ2) is 5.14. The van der Waals surface area contributed by atoms with Gasteiger partial charge in [0.1, 0.15) is 11.3 Å². The van der Waals surface area contributed by atoms with Gasteiger partial charge in [0.15, 0.2) is 0 Å². The monoisotopic (exact) mass is 374 g/mol. The fourth-order valence-corrected chi connectivity index (χ4v) is 4.22. The molecule has 0 aliphatic carbocycles. The number of nitrogens with one attached hydrogen (secondary N) is 1. The number of hydrogen-bond donors (Lipinski definition) is 1. The van der Waals surface area contributed by atoms with Crippen molar-refractivity contribution in [3.05, 3.63) is 53.0 Å². The molecule has 0 saturated carbocycles. The third kappa shape index (κ3) is 2.06. The van der Waals surface area contributed by atoms with Gasteiger partial charge < -0.3 is 5.32 Å². The van der Waals surface area contributed by atoms with Gasteiger partial charge in [-0.2, -0.15) is 0 Å². The number of carbonyl (C=O) groups is 2.